The molecule has 4 heteroatoms. The van der Waals surface area contributed by atoms with Crippen molar-refractivity contribution in [3.05, 3.63) is 24.3 Å². The quantitative estimate of drug-likeness (QED) is 0.216. The molecule has 0 bridgehead atoms. The van der Waals surface area contributed by atoms with Gasteiger partial charge in [0, 0.05) is 12.8 Å². The van der Waals surface area contributed by atoms with Crippen molar-refractivity contribution >= 4 is 11.9 Å². The molecule has 144 valence electrons. The van der Waals surface area contributed by atoms with Crippen LogP contribution in [0.1, 0.15) is 90.9 Å². The van der Waals surface area contributed by atoms with Gasteiger partial charge < -0.3 is 9.84 Å². The lowest BCUT2D eigenvalue weighted by atomic mass is 10.1. The zero-order valence-electron chi connectivity index (χ0n) is 16.0. The fourth-order valence-electron chi connectivity index (χ4n) is 2.45. The van der Waals surface area contributed by atoms with Crippen molar-refractivity contribution in [1.29, 1.82) is 0 Å². The van der Waals surface area contributed by atoms with Crippen LogP contribution in [0.3, 0.4) is 0 Å². The average molecular weight is 353 g/mol. The maximum absolute atomic E-state index is 11.7. The van der Waals surface area contributed by atoms with E-state index in [9.17, 15) is 9.59 Å². The van der Waals surface area contributed by atoms with Crippen LogP contribution in [0.2, 0.25) is 0 Å². The normalized spacial score (nSPS) is 12.7. The average Bonchev–Trinajstić information content (AvgIpc) is 2.56. The molecule has 0 aromatic rings. The van der Waals surface area contributed by atoms with E-state index in [4.69, 9.17) is 9.84 Å². The molecule has 1 N–H and O–H groups in total. The van der Waals surface area contributed by atoms with Crippen LogP contribution >= 0.6 is 0 Å². The molecule has 4 nitrogen and oxygen atoms in total. The van der Waals surface area contributed by atoms with Crippen LogP contribution in [0.5, 0.6) is 0 Å². The largest absolute Gasteiger partial charge is 0.481 e. The smallest absolute Gasteiger partial charge is 0.306 e. The first-order chi connectivity index (χ1) is 12.1. The van der Waals surface area contributed by atoms with E-state index in [0.29, 0.717) is 12.8 Å². The van der Waals surface area contributed by atoms with E-state index >= 15 is 0 Å². The zero-order valence-corrected chi connectivity index (χ0v) is 16.0. The maximum atomic E-state index is 11.7. The van der Waals surface area contributed by atoms with Crippen LogP contribution in [-0.2, 0) is 14.3 Å². The van der Waals surface area contributed by atoms with E-state index in [2.05, 4.69) is 25.2 Å². The second kappa shape index (κ2) is 17.2. The van der Waals surface area contributed by atoms with Gasteiger partial charge in [-0.2, -0.15) is 0 Å². The number of aliphatic carboxylic acids is 1. The molecule has 0 saturated heterocycles. The van der Waals surface area contributed by atoms with E-state index in [-0.39, 0.29) is 18.5 Å². The molecule has 1 unspecified atom stereocenters. The van der Waals surface area contributed by atoms with E-state index in [0.717, 1.165) is 44.9 Å². The Morgan fingerprint density at radius 3 is 2.36 bits per heavy atom. The van der Waals surface area contributed by atoms with Gasteiger partial charge in [-0.15, -0.1) is 0 Å². The second-order valence-corrected chi connectivity index (χ2v) is 6.40. The van der Waals surface area contributed by atoms with Gasteiger partial charge in [0.05, 0.1) is 0 Å². The first-order valence-corrected chi connectivity index (χ1v) is 9.83. The van der Waals surface area contributed by atoms with Gasteiger partial charge >= 0.3 is 11.9 Å². The summed E-state index contributed by atoms with van der Waals surface area (Å²) >= 11 is 0. The summed E-state index contributed by atoms with van der Waals surface area (Å²) in [7, 11) is 0. The minimum atomic E-state index is -0.735. The van der Waals surface area contributed by atoms with E-state index in [1.807, 2.05) is 13.0 Å². The minimum absolute atomic E-state index is 0.137. The number of ether oxygens (including phenoxy) is 1. The summed E-state index contributed by atoms with van der Waals surface area (Å²) in [6.07, 6.45) is 18.5. The molecular formula is C21H36O4. The molecule has 0 amide bonds. The van der Waals surface area contributed by atoms with Crippen LogP contribution < -0.4 is 0 Å². The van der Waals surface area contributed by atoms with Gasteiger partial charge in [0.15, 0.2) is 0 Å². The Labute approximate surface area is 153 Å². The van der Waals surface area contributed by atoms with E-state index in [1.54, 1.807) is 0 Å². The Kier molecular flexibility index (Phi) is 16.2. The summed E-state index contributed by atoms with van der Waals surface area (Å²) in [5, 5.41) is 8.62. The Morgan fingerprint density at radius 1 is 0.920 bits per heavy atom. The van der Waals surface area contributed by atoms with Crippen LogP contribution in [0.25, 0.3) is 0 Å². The Balaban J connectivity index is 4.15. The predicted molar refractivity (Wildman–Crippen MR) is 103 cm³/mol. The van der Waals surface area contributed by atoms with E-state index in [1.165, 1.54) is 12.8 Å². The molecule has 0 aromatic carbocycles. The molecule has 0 aliphatic carbocycles. The molecule has 0 rings (SSSR count). The summed E-state index contributed by atoms with van der Waals surface area (Å²) in [5.74, 6) is -0.872. The summed E-state index contributed by atoms with van der Waals surface area (Å²) in [5.41, 5.74) is 0. The monoisotopic (exact) mass is 352 g/mol. The van der Waals surface area contributed by atoms with Gasteiger partial charge in [0.1, 0.15) is 6.10 Å². The van der Waals surface area contributed by atoms with Gasteiger partial charge in [-0.1, -0.05) is 57.8 Å². The third-order valence-electron chi connectivity index (χ3n) is 3.88. The lowest BCUT2D eigenvalue weighted by molar-refractivity contribution is -0.147. The van der Waals surface area contributed by atoms with Crippen molar-refractivity contribution in [2.24, 2.45) is 0 Å². The number of unbranched alkanes of at least 4 members (excludes halogenated alkanes) is 5. The Hall–Kier alpha value is -1.58. The highest BCUT2D eigenvalue weighted by atomic mass is 16.5. The Morgan fingerprint density at radius 2 is 1.68 bits per heavy atom. The molecule has 0 spiro atoms. The molecule has 0 saturated carbocycles. The van der Waals surface area contributed by atoms with Crippen LogP contribution in [0.15, 0.2) is 24.3 Å². The molecule has 1 atom stereocenters. The summed E-state index contributed by atoms with van der Waals surface area (Å²) in [4.78, 5) is 22.2. The number of rotatable bonds is 16. The van der Waals surface area contributed by atoms with Gasteiger partial charge in [-0.05, 0) is 44.6 Å². The fourth-order valence-corrected chi connectivity index (χ4v) is 2.45. The highest BCUT2D eigenvalue weighted by Gasteiger charge is 2.10. The summed E-state index contributed by atoms with van der Waals surface area (Å²) in [6, 6.07) is 0. The minimum Gasteiger partial charge on any atom is -0.481 e. The predicted octanol–water partition coefficient (Wildman–Crippen LogP) is 5.82. The van der Waals surface area contributed by atoms with Gasteiger partial charge in [0.2, 0.25) is 0 Å². The van der Waals surface area contributed by atoms with Crippen LogP contribution in [-0.4, -0.2) is 23.1 Å². The third-order valence-corrected chi connectivity index (χ3v) is 3.88. The first kappa shape index (κ1) is 23.4. The number of carbonyl (C=O) groups is 2. The third kappa shape index (κ3) is 17.0. The molecule has 0 aromatic heterocycles. The Bertz CT molecular complexity index is 399. The number of carbonyl (C=O) groups excluding carboxylic acids is 1. The molecule has 0 aliphatic heterocycles. The lowest BCUT2D eigenvalue weighted by Gasteiger charge is -2.14. The molecule has 0 heterocycles. The standard InChI is InChI=1S/C21H36O4/c1-3-5-6-7-8-9-12-16-19(25-21(24)15-4-2)17-13-10-11-14-18-20(22)23/h7-8,12,16,19H,3-6,9-11,13-15,17-18H2,1-2H3,(H,22,23)/b8-7-,16-12-. The van der Waals surface area contributed by atoms with Crippen molar-refractivity contribution in [1.82, 2.24) is 0 Å². The van der Waals surface area contributed by atoms with Crippen molar-refractivity contribution in [2.75, 3.05) is 0 Å². The van der Waals surface area contributed by atoms with Gasteiger partial charge in [-0.25, -0.2) is 0 Å². The summed E-state index contributed by atoms with van der Waals surface area (Å²) < 4.78 is 5.54. The van der Waals surface area contributed by atoms with Crippen molar-refractivity contribution in [2.45, 2.75) is 97.0 Å². The van der Waals surface area contributed by atoms with E-state index < -0.39 is 5.97 Å². The van der Waals surface area contributed by atoms with Crippen molar-refractivity contribution in [3.8, 4) is 0 Å². The fraction of sp³-hybridized carbons (Fsp3) is 0.714. The zero-order chi connectivity index (χ0) is 18.8. The molecule has 0 fully saturated rings. The first-order valence-electron chi connectivity index (χ1n) is 9.83. The lowest BCUT2D eigenvalue weighted by Crippen LogP contribution is -2.15. The molecule has 25 heavy (non-hydrogen) atoms. The number of esters is 1. The van der Waals surface area contributed by atoms with Crippen LogP contribution in [0.4, 0.5) is 0 Å². The number of hydrogen-bond donors (Lipinski definition) is 1. The van der Waals surface area contributed by atoms with Gasteiger partial charge in [0.25, 0.3) is 0 Å². The molecule has 0 aliphatic rings. The summed E-state index contributed by atoms with van der Waals surface area (Å²) in [6.45, 7) is 4.15. The SMILES string of the molecule is CCCC/C=C\C/C=C\C(CCCCCCC(=O)O)OC(=O)CCC. The van der Waals surface area contributed by atoms with Gasteiger partial charge in [-0.3, -0.25) is 9.59 Å². The second-order valence-electron chi connectivity index (χ2n) is 6.40. The number of carboxylic acids is 1. The number of hydrogen-bond acceptors (Lipinski definition) is 3. The highest BCUT2D eigenvalue weighted by Crippen LogP contribution is 2.12. The molecular weight excluding hydrogens is 316 g/mol. The maximum Gasteiger partial charge on any atom is 0.306 e. The number of allylic oxidation sites excluding steroid dienone is 3. The van der Waals surface area contributed by atoms with Crippen molar-refractivity contribution < 1.29 is 19.4 Å². The van der Waals surface area contributed by atoms with Crippen LogP contribution in [0, 0.1) is 0 Å². The highest BCUT2D eigenvalue weighted by molar-refractivity contribution is 5.69. The number of carboxylic acid groups (broad SMARTS) is 1. The molecule has 0 radical (unpaired) electrons. The van der Waals surface area contributed by atoms with Crippen molar-refractivity contribution in [3.63, 3.8) is 0 Å². The topological polar surface area (TPSA) is 63.6 Å².